The molecule has 3 rings (SSSR count). The number of hydrogen-bond acceptors (Lipinski definition) is 4. The van der Waals surface area contributed by atoms with E-state index in [0.717, 1.165) is 5.92 Å². The Hall–Kier alpha value is -1.92. The number of aryl methyl sites for hydroxylation is 2. The minimum Gasteiger partial charge on any atom is -0.348 e. The van der Waals surface area contributed by atoms with E-state index in [1.807, 2.05) is 6.92 Å². The molecule has 2 aliphatic carbocycles. The number of amides is 1. The molecule has 2 saturated carbocycles. The minimum atomic E-state index is -0.528. The molecule has 1 heterocycles. The van der Waals surface area contributed by atoms with Gasteiger partial charge in [-0.2, -0.15) is 5.10 Å². The molecule has 1 N–H and O–H groups in total. The molecule has 2 fully saturated rings. The molecule has 2 bridgehead atoms. The van der Waals surface area contributed by atoms with Crippen LogP contribution in [0.5, 0.6) is 0 Å². The third-order valence-electron chi connectivity index (χ3n) is 5.38. The van der Waals surface area contributed by atoms with E-state index in [1.165, 1.54) is 30.4 Å². The van der Waals surface area contributed by atoms with Crippen LogP contribution >= 0.6 is 0 Å². The lowest BCUT2D eigenvalue weighted by molar-refractivity contribution is -0.385. The van der Waals surface area contributed by atoms with Gasteiger partial charge in [0, 0.05) is 13.1 Å². The Balaban J connectivity index is 1.76. The fourth-order valence-electron chi connectivity index (χ4n) is 4.41. The van der Waals surface area contributed by atoms with E-state index in [2.05, 4.69) is 10.4 Å². The second kappa shape index (κ2) is 5.37. The van der Waals surface area contributed by atoms with Gasteiger partial charge in [0.15, 0.2) is 0 Å². The number of carbonyl (C=O) groups is 1. The second-order valence-corrected chi connectivity index (χ2v) is 6.76. The molecule has 7 heteroatoms. The van der Waals surface area contributed by atoms with Gasteiger partial charge in [-0.1, -0.05) is 6.42 Å². The molecule has 0 unspecified atom stereocenters. The molecule has 1 aromatic rings. The van der Waals surface area contributed by atoms with Crippen molar-refractivity contribution in [2.45, 2.75) is 45.6 Å². The van der Waals surface area contributed by atoms with Crippen molar-refractivity contribution in [2.75, 3.05) is 0 Å². The van der Waals surface area contributed by atoms with Crippen LogP contribution in [0.1, 0.15) is 48.8 Å². The third-order valence-corrected chi connectivity index (χ3v) is 5.38. The molecule has 0 spiro atoms. The van der Waals surface area contributed by atoms with Crippen molar-refractivity contribution >= 4 is 11.6 Å². The molecular formula is C15H22N4O3. The topological polar surface area (TPSA) is 90.1 Å². The van der Waals surface area contributed by atoms with E-state index in [1.54, 1.807) is 14.0 Å². The normalized spacial score (nSPS) is 27.9. The summed E-state index contributed by atoms with van der Waals surface area (Å²) in [6.07, 6.45) is 5.00. The summed E-state index contributed by atoms with van der Waals surface area (Å²) >= 11 is 0. The van der Waals surface area contributed by atoms with E-state index in [9.17, 15) is 14.9 Å². The number of nitro groups is 1. The first-order valence-electron chi connectivity index (χ1n) is 7.87. The van der Waals surface area contributed by atoms with Gasteiger partial charge in [-0.3, -0.25) is 19.6 Å². The van der Waals surface area contributed by atoms with Crippen LogP contribution in [0.2, 0.25) is 0 Å². The van der Waals surface area contributed by atoms with Crippen molar-refractivity contribution in [3.63, 3.8) is 0 Å². The number of carbonyl (C=O) groups excluding carboxylic acids is 1. The quantitative estimate of drug-likeness (QED) is 0.682. The van der Waals surface area contributed by atoms with Gasteiger partial charge < -0.3 is 5.32 Å². The first-order valence-corrected chi connectivity index (χ1v) is 7.87. The van der Waals surface area contributed by atoms with Gasteiger partial charge in [0.25, 0.3) is 5.91 Å². The molecule has 0 radical (unpaired) electrons. The highest BCUT2D eigenvalue weighted by atomic mass is 16.6. The highest BCUT2D eigenvalue weighted by Gasteiger charge is 2.42. The van der Waals surface area contributed by atoms with Gasteiger partial charge >= 0.3 is 5.69 Å². The lowest BCUT2D eigenvalue weighted by Crippen LogP contribution is -2.41. The van der Waals surface area contributed by atoms with Gasteiger partial charge in [-0.15, -0.1) is 0 Å². The van der Waals surface area contributed by atoms with E-state index in [-0.39, 0.29) is 23.1 Å². The molecule has 2 aliphatic rings. The summed E-state index contributed by atoms with van der Waals surface area (Å²) in [5, 5.41) is 18.2. The molecule has 1 amide bonds. The Morgan fingerprint density at radius 3 is 2.73 bits per heavy atom. The van der Waals surface area contributed by atoms with E-state index < -0.39 is 10.8 Å². The smallest absolute Gasteiger partial charge is 0.322 e. The van der Waals surface area contributed by atoms with Gasteiger partial charge in [0.1, 0.15) is 5.69 Å². The first kappa shape index (κ1) is 15.0. The van der Waals surface area contributed by atoms with E-state index in [4.69, 9.17) is 0 Å². The molecule has 0 aliphatic heterocycles. The largest absolute Gasteiger partial charge is 0.348 e. The Labute approximate surface area is 129 Å². The number of rotatable bonds is 4. The summed E-state index contributed by atoms with van der Waals surface area (Å²) in [7, 11) is 1.57. The lowest BCUT2D eigenvalue weighted by Gasteiger charge is -2.28. The molecule has 4 atom stereocenters. The van der Waals surface area contributed by atoms with Crippen molar-refractivity contribution in [2.24, 2.45) is 24.8 Å². The zero-order valence-corrected chi connectivity index (χ0v) is 13.2. The molecule has 120 valence electrons. The van der Waals surface area contributed by atoms with Crippen LogP contribution in [0.15, 0.2) is 0 Å². The number of nitrogens with one attached hydrogen (secondary N) is 1. The average molecular weight is 306 g/mol. The van der Waals surface area contributed by atoms with Crippen molar-refractivity contribution in [3.05, 3.63) is 21.5 Å². The van der Waals surface area contributed by atoms with Crippen LogP contribution in [-0.2, 0) is 7.05 Å². The fourth-order valence-corrected chi connectivity index (χ4v) is 4.41. The molecule has 22 heavy (non-hydrogen) atoms. The van der Waals surface area contributed by atoms with Crippen LogP contribution in [0.3, 0.4) is 0 Å². The summed E-state index contributed by atoms with van der Waals surface area (Å²) in [5.41, 5.74) is 0.114. The van der Waals surface area contributed by atoms with Crippen LogP contribution in [0.25, 0.3) is 0 Å². The maximum absolute atomic E-state index is 12.5. The molecule has 0 saturated heterocycles. The SMILES string of the molecule is Cc1nn(C)c(C(=O)N[C@H](C)[C@H]2C[C@H]3CC[C@H]2C3)c1[N+](=O)[O-]. The van der Waals surface area contributed by atoms with Gasteiger partial charge in [0.2, 0.25) is 5.69 Å². The van der Waals surface area contributed by atoms with Crippen LogP contribution in [0, 0.1) is 34.8 Å². The average Bonchev–Trinajstić information content (AvgIpc) is 3.11. The van der Waals surface area contributed by atoms with Gasteiger partial charge in [-0.25, -0.2) is 0 Å². The molecule has 7 nitrogen and oxygen atoms in total. The highest BCUT2D eigenvalue weighted by Crippen LogP contribution is 2.49. The maximum Gasteiger partial charge on any atom is 0.322 e. The van der Waals surface area contributed by atoms with Gasteiger partial charge in [-0.05, 0) is 50.9 Å². The number of hydrogen-bond donors (Lipinski definition) is 1. The standard InChI is InChI=1S/C15H22N4O3/c1-8(12-7-10-4-5-11(12)6-10)16-15(20)14-13(19(21)22)9(2)17-18(14)3/h8,10-12H,4-7H2,1-3H3,(H,16,20)/t8-,10+,11+,12-/m1/s1. The summed E-state index contributed by atoms with van der Waals surface area (Å²) in [5.74, 6) is 1.60. The Bertz CT molecular complexity index is 625. The monoisotopic (exact) mass is 306 g/mol. The van der Waals surface area contributed by atoms with Crippen molar-refractivity contribution in [1.29, 1.82) is 0 Å². The van der Waals surface area contributed by atoms with Crippen LogP contribution < -0.4 is 5.32 Å². The minimum absolute atomic E-state index is 0.0394. The predicted molar refractivity (Wildman–Crippen MR) is 80.5 cm³/mol. The molecular weight excluding hydrogens is 284 g/mol. The van der Waals surface area contributed by atoms with Crippen molar-refractivity contribution in [3.8, 4) is 0 Å². The number of nitrogens with zero attached hydrogens (tertiary/aromatic N) is 3. The van der Waals surface area contributed by atoms with Crippen molar-refractivity contribution in [1.82, 2.24) is 15.1 Å². The fraction of sp³-hybridized carbons (Fsp3) is 0.733. The lowest BCUT2D eigenvalue weighted by atomic mass is 9.84. The van der Waals surface area contributed by atoms with Crippen LogP contribution in [0.4, 0.5) is 5.69 Å². The van der Waals surface area contributed by atoms with Gasteiger partial charge in [0.05, 0.1) is 4.92 Å². The maximum atomic E-state index is 12.5. The summed E-state index contributed by atoms with van der Waals surface area (Å²) in [4.78, 5) is 23.2. The number of aromatic nitrogens is 2. The first-order chi connectivity index (χ1) is 10.4. The Morgan fingerprint density at radius 1 is 1.45 bits per heavy atom. The van der Waals surface area contributed by atoms with Crippen molar-refractivity contribution < 1.29 is 9.72 Å². The van der Waals surface area contributed by atoms with E-state index >= 15 is 0 Å². The van der Waals surface area contributed by atoms with E-state index in [0.29, 0.717) is 11.8 Å². The summed E-state index contributed by atoms with van der Waals surface area (Å²) < 4.78 is 1.30. The summed E-state index contributed by atoms with van der Waals surface area (Å²) in [6, 6.07) is 0.0395. The third kappa shape index (κ3) is 2.38. The summed E-state index contributed by atoms with van der Waals surface area (Å²) in [6.45, 7) is 3.56. The second-order valence-electron chi connectivity index (χ2n) is 6.76. The zero-order valence-electron chi connectivity index (χ0n) is 13.2. The number of fused-ring (bicyclic) bond motifs is 2. The molecule has 0 aromatic carbocycles. The molecule has 1 aromatic heterocycles. The van der Waals surface area contributed by atoms with Crippen LogP contribution in [-0.4, -0.2) is 26.7 Å². The predicted octanol–water partition coefficient (Wildman–Crippen LogP) is 2.19. The zero-order chi connectivity index (χ0) is 16.0. The Kier molecular flexibility index (Phi) is 3.66. The highest BCUT2D eigenvalue weighted by molar-refractivity contribution is 5.97. The Morgan fingerprint density at radius 2 is 2.18 bits per heavy atom.